The number of thioether (sulfide) groups is 1. The van der Waals surface area contributed by atoms with Crippen molar-refractivity contribution in [2.45, 2.75) is 11.7 Å². The number of hydrazone groups is 1. The fourth-order valence-corrected chi connectivity index (χ4v) is 4.81. The first kappa shape index (κ1) is 22.2. The maximum atomic E-state index is 12.5. The molecule has 0 spiro atoms. The van der Waals surface area contributed by atoms with Gasteiger partial charge in [0.15, 0.2) is 5.16 Å². The van der Waals surface area contributed by atoms with Gasteiger partial charge in [0.2, 0.25) is 0 Å². The van der Waals surface area contributed by atoms with E-state index < -0.39 is 0 Å². The topological polar surface area (TPSA) is 59.3 Å². The highest BCUT2D eigenvalue weighted by Gasteiger charge is 2.14. The molecule has 0 unspecified atom stereocenters. The zero-order valence-corrected chi connectivity index (χ0v) is 19.8. The predicted molar refractivity (Wildman–Crippen MR) is 141 cm³/mol. The van der Waals surface area contributed by atoms with Crippen molar-refractivity contribution in [3.05, 3.63) is 107 Å². The smallest absolute Gasteiger partial charge is 0.250 e. The predicted octanol–water partition coefficient (Wildman–Crippen LogP) is 6.13. The molecule has 5 aromatic rings. The number of hydrogen-bond acceptors (Lipinski definition) is 4. The van der Waals surface area contributed by atoms with E-state index in [1.54, 1.807) is 6.21 Å². The van der Waals surface area contributed by atoms with Crippen molar-refractivity contribution in [2.75, 3.05) is 5.75 Å². The number of nitrogens with one attached hydrogen (secondary N) is 1. The van der Waals surface area contributed by atoms with Gasteiger partial charge in [-0.1, -0.05) is 96.2 Å². The second kappa shape index (κ2) is 10.1. The number of rotatable bonds is 7. The average molecular weight is 485 g/mol. The number of nitrogens with zero attached hydrogens (tertiary/aromatic N) is 3. The number of halogens is 1. The monoisotopic (exact) mass is 484 g/mol. The fourth-order valence-electron chi connectivity index (χ4n) is 3.81. The summed E-state index contributed by atoms with van der Waals surface area (Å²) in [7, 11) is 0. The summed E-state index contributed by atoms with van der Waals surface area (Å²) in [6, 6.07) is 29.8. The number of benzene rings is 4. The summed E-state index contributed by atoms with van der Waals surface area (Å²) in [5, 5.41) is 7.85. The Labute approximate surface area is 206 Å². The van der Waals surface area contributed by atoms with Crippen LogP contribution in [0.5, 0.6) is 0 Å². The molecule has 0 saturated heterocycles. The molecular formula is C27H21ClN4OS. The standard InChI is InChI=1S/C27H21ClN4OS/c28-23-13-4-2-9-21(23)17-32-25-15-6-5-14-24(25)30-27(32)34-18-26(33)31-29-16-20-11-7-10-19-8-1-3-12-22(19)20/h1-16H,17-18H2,(H,31,33)/b29-16-. The van der Waals surface area contributed by atoms with Gasteiger partial charge in [-0.2, -0.15) is 5.10 Å². The number of fused-ring (bicyclic) bond motifs is 2. The summed E-state index contributed by atoms with van der Waals surface area (Å²) in [5.74, 6) is -0.00327. The first-order valence-corrected chi connectivity index (χ1v) is 12.2. The molecule has 34 heavy (non-hydrogen) atoms. The number of carbonyl (C=O) groups excluding carboxylic acids is 1. The Morgan fingerprint density at radius 1 is 0.971 bits per heavy atom. The molecule has 1 heterocycles. The minimum Gasteiger partial charge on any atom is -0.314 e. The van der Waals surface area contributed by atoms with E-state index in [0.29, 0.717) is 11.6 Å². The van der Waals surface area contributed by atoms with Gasteiger partial charge in [-0.15, -0.1) is 0 Å². The van der Waals surface area contributed by atoms with Crippen LogP contribution in [0, 0.1) is 0 Å². The molecule has 0 aliphatic rings. The second-order valence-corrected chi connectivity index (χ2v) is 9.06. The summed E-state index contributed by atoms with van der Waals surface area (Å²) in [4.78, 5) is 17.2. The highest BCUT2D eigenvalue weighted by atomic mass is 35.5. The van der Waals surface area contributed by atoms with Crippen LogP contribution >= 0.6 is 23.4 Å². The van der Waals surface area contributed by atoms with Crippen LogP contribution in [-0.2, 0) is 11.3 Å². The van der Waals surface area contributed by atoms with Gasteiger partial charge in [0.25, 0.3) is 5.91 Å². The molecule has 7 heteroatoms. The second-order valence-electron chi connectivity index (χ2n) is 7.71. The molecule has 0 atom stereocenters. The van der Waals surface area contributed by atoms with Crippen molar-refractivity contribution in [3.8, 4) is 0 Å². The van der Waals surface area contributed by atoms with Crippen LogP contribution in [0.25, 0.3) is 21.8 Å². The number of carbonyl (C=O) groups is 1. The van der Waals surface area contributed by atoms with E-state index >= 15 is 0 Å². The minimum absolute atomic E-state index is 0.193. The van der Waals surface area contributed by atoms with E-state index in [9.17, 15) is 4.79 Å². The molecule has 1 N–H and O–H groups in total. The largest absolute Gasteiger partial charge is 0.314 e. The number of amides is 1. The molecule has 0 aliphatic heterocycles. The van der Waals surface area contributed by atoms with E-state index in [4.69, 9.17) is 16.6 Å². The lowest BCUT2D eigenvalue weighted by Gasteiger charge is -2.10. The molecular weight excluding hydrogens is 464 g/mol. The Hall–Kier alpha value is -3.61. The number of imidazole rings is 1. The minimum atomic E-state index is -0.196. The van der Waals surface area contributed by atoms with Gasteiger partial charge in [0.1, 0.15) is 0 Å². The normalized spacial score (nSPS) is 11.4. The van der Waals surface area contributed by atoms with Crippen LogP contribution in [0.4, 0.5) is 0 Å². The Morgan fingerprint density at radius 2 is 1.74 bits per heavy atom. The SMILES string of the molecule is O=C(CSc1nc2ccccc2n1Cc1ccccc1Cl)N/N=C\c1cccc2ccccc12. The van der Waals surface area contributed by atoms with Crippen molar-refractivity contribution in [2.24, 2.45) is 5.10 Å². The lowest BCUT2D eigenvalue weighted by Crippen LogP contribution is -2.20. The number of hydrogen-bond donors (Lipinski definition) is 1. The van der Waals surface area contributed by atoms with Crippen LogP contribution in [0.15, 0.2) is 101 Å². The quantitative estimate of drug-likeness (QED) is 0.172. The van der Waals surface area contributed by atoms with Gasteiger partial charge in [-0.25, -0.2) is 10.4 Å². The third kappa shape index (κ3) is 4.83. The van der Waals surface area contributed by atoms with Crippen LogP contribution in [0.2, 0.25) is 5.02 Å². The van der Waals surface area contributed by atoms with E-state index in [-0.39, 0.29) is 11.7 Å². The van der Waals surface area contributed by atoms with Gasteiger partial charge < -0.3 is 4.57 Å². The van der Waals surface area contributed by atoms with Gasteiger partial charge >= 0.3 is 0 Å². The highest BCUT2D eigenvalue weighted by molar-refractivity contribution is 7.99. The Morgan fingerprint density at radius 3 is 2.65 bits per heavy atom. The fraction of sp³-hybridized carbons (Fsp3) is 0.0741. The summed E-state index contributed by atoms with van der Waals surface area (Å²) in [5.41, 5.74) is 6.46. The molecule has 168 valence electrons. The zero-order chi connectivity index (χ0) is 23.3. The van der Waals surface area contributed by atoms with Crippen molar-refractivity contribution >= 4 is 57.3 Å². The Balaban J connectivity index is 1.29. The molecule has 0 fully saturated rings. The molecule has 0 radical (unpaired) electrons. The Bertz CT molecular complexity index is 1510. The zero-order valence-electron chi connectivity index (χ0n) is 18.2. The molecule has 1 aromatic heterocycles. The molecule has 0 saturated carbocycles. The number of para-hydroxylation sites is 2. The summed E-state index contributed by atoms with van der Waals surface area (Å²) < 4.78 is 2.09. The molecule has 5 nitrogen and oxygen atoms in total. The maximum Gasteiger partial charge on any atom is 0.250 e. The lowest BCUT2D eigenvalue weighted by atomic mass is 10.1. The maximum absolute atomic E-state index is 12.5. The highest BCUT2D eigenvalue weighted by Crippen LogP contribution is 2.27. The molecule has 5 rings (SSSR count). The van der Waals surface area contributed by atoms with Gasteiger partial charge in [0, 0.05) is 10.6 Å². The molecule has 1 amide bonds. The third-order valence-corrected chi connectivity index (χ3v) is 6.80. The molecule has 4 aromatic carbocycles. The van der Waals surface area contributed by atoms with E-state index in [2.05, 4.69) is 27.2 Å². The van der Waals surface area contributed by atoms with E-state index in [1.807, 2.05) is 78.9 Å². The summed E-state index contributed by atoms with van der Waals surface area (Å²) in [6.07, 6.45) is 1.68. The van der Waals surface area contributed by atoms with Crippen molar-refractivity contribution in [1.82, 2.24) is 15.0 Å². The molecule has 0 aliphatic carbocycles. The van der Waals surface area contributed by atoms with Gasteiger partial charge in [-0.3, -0.25) is 4.79 Å². The van der Waals surface area contributed by atoms with Crippen LogP contribution < -0.4 is 5.43 Å². The average Bonchev–Trinajstić information content (AvgIpc) is 3.21. The van der Waals surface area contributed by atoms with Crippen LogP contribution in [0.1, 0.15) is 11.1 Å². The van der Waals surface area contributed by atoms with E-state index in [0.717, 1.165) is 38.1 Å². The van der Waals surface area contributed by atoms with Gasteiger partial charge in [0.05, 0.1) is 29.5 Å². The van der Waals surface area contributed by atoms with Crippen molar-refractivity contribution in [1.29, 1.82) is 0 Å². The van der Waals surface area contributed by atoms with Crippen LogP contribution in [-0.4, -0.2) is 27.4 Å². The van der Waals surface area contributed by atoms with Gasteiger partial charge in [-0.05, 0) is 34.5 Å². The van der Waals surface area contributed by atoms with Crippen molar-refractivity contribution in [3.63, 3.8) is 0 Å². The number of aromatic nitrogens is 2. The lowest BCUT2D eigenvalue weighted by molar-refractivity contribution is -0.118. The summed E-state index contributed by atoms with van der Waals surface area (Å²) in [6.45, 7) is 0.573. The van der Waals surface area contributed by atoms with Crippen LogP contribution in [0.3, 0.4) is 0 Å². The first-order valence-electron chi connectivity index (χ1n) is 10.8. The van der Waals surface area contributed by atoms with Crippen molar-refractivity contribution < 1.29 is 4.79 Å². The first-order chi connectivity index (χ1) is 16.7. The third-order valence-electron chi connectivity index (χ3n) is 5.45. The molecule has 0 bridgehead atoms. The summed E-state index contributed by atoms with van der Waals surface area (Å²) >= 11 is 7.77. The Kier molecular flexibility index (Phi) is 6.60. The van der Waals surface area contributed by atoms with E-state index in [1.165, 1.54) is 11.8 Å².